The Morgan fingerprint density at radius 2 is 2.07 bits per heavy atom. The zero-order valence-electron chi connectivity index (χ0n) is 8.28. The van der Waals surface area contributed by atoms with Gasteiger partial charge < -0.3 is 4.74 Å². The number of ether oxygens (including phenoxy) is 1. The summed E-state index contributed by atoms with van der Waals surface area (Å²) in [6.45, 7) is 3.52. The number of carbonyl (C=O) groups is 1. The summed E-state index contributed by atoms with van der Waals surface area (Å²) in [5.41, 5.74) is 2.26. The fourth-order valence-electron chi connectivity index (χ4n) is 1.77. The number of fused-ring (bicyclic) bond motifs is 1. The van der Waals surface area contributed by atoms with Crippen molar-refractivity contribution in [3.05, 3.63) is 41.5 Å². The van der Waals surface area contributed by atoms with Gasteiger partial charge in [-0.05, 0) is 11.6 Å². The van der Waals surface area contributed by atoms with Gasteiger partial charge in [-0.3, -0.25) is 4.79 Å². The quantitative estimate of drug-likeness (QED) is 0.633. The number of allylic oxidation sites excluding steroid dienone is 1. The second-order valence-electron chi connectivity index (χ2n) is 3.50. The minimum absolute atomic E-state index is 0.264. The number of hydrogen-bond donors (Lipinski definition) is 0. The van der Waals surface area contributed by atoms with Gasteiger partial charge in [0.25, 0.3) is 0 Å². The van der Waals surface area contributed by atoms with Crippen molar-refractivity contribution in [2.75, 3.05) is 0 Å². The predicted molar refractivity (Wildman–Crippen MR) is 54.6 cm³/mol. The van der Waals surface area contributed by atoms with Crippen LogP contribution in [0.1, 0.15) is 30.9 Å². The van der Waals surface area contributed by atoms with Gasteiger partial charge in [0.1, 0.15) is 5.76 Å². The third-order valence-corrected chi connectivity index (χ3v) is 2.37. The van der Waals surface area contributed by atoms with Gasteiger partial charge in [0.05, 0.1) is 0 Å². The molecule has 0 aliphatic heterocycles. The average Bonchev–Trinajstić information content (AvgIpc) is 2.44. The molecule has 1 aliphatic carbocycles. The van der Waals surface area contributed by atoms with E-state index in [1.807, 2.05) is 24.3 Å². The number of rotatable bonds is 1. The molecule has 1 aromatic carbocycles. The molecule has 14 heavy (non-hydrogen) atoms. The highest BCUT2D eigenvalue weighted by molar-refractivity contribution is 5.79. The molecule has 2 nitrogen and oxygen atoms in total. The highest BCUT2D eigenvalue weighted by Crippen LogP contribution is 2.35. The minimum Gasteiger partial charge on any atom is -0.426 e. The lowest BCUT2D eigenvalue weighted by Gasteiger charge is -2.04. The lowest BCUT2D eigenvalue weighted by atomic mass is 10.0. The van der Waals surface area contributed by atoms with Crippen molar-refractivity contribution in [2.24, 2.45) is 0 Å². The second-order valence-corrected chi connectivity index (χ2v) is 3.50. The Labute approximate surface area is 83.2 Å². The average molecular weight is 188 g/mol. The third kappa shape index (κ3) is 1.43. The molecule has 0 unspecified atom stereocenters. The third-order valence-electron chi connectivity index (χ3n) is 2.37. The van der Waals surface area contributed by atoms with Crippen LogP contribution in [0.25, 0.3) is 5.76 Å². The van der Waals surface area contributed by atoms with Gasteiger partial charge in [0.2, 0.25) is 0 Å². The molecule has 2 heteroatoms. The Bertz CT molecular complexity index is 405. The van der Waals surface area contributed by atoms with Gasteiger partial charge in [-0.15, -0.1) is 0 Å². The molecule has 0 amide bonds. The summed E-state index contributed by atoms with van der Waals surface area (Å²) in [7, 11) is 0. The van der Waals surface area contributed by atoms with Crippen molar-refractivity contribution in [3.63, 3.8) is 0 Å². The van der Waals surface area contributed by atoms with Crippen molar-refractivity contribution >= 4 is 11.7 Å². The van der Waals surface area contributed by atoms with Crippen LogP contribution in [0.4, 0.5) is 0 Å². The van der Waals surface area contributed by atoms with Crippen LogP contribution < -0.4 is 0 Å². The van der Waals surface area contributed by atoms with Crippen molar-refractivity contribution in [2.45, 2.75) is 19.8 Å². The Hall–Kier alpha value is -1.57. The molecule has 0 radical (unpaired) electrons. The van der Waals surface area contributed by atoms with E-state index in [1.54, 1.807) is 0 Å². The maximum atomic E-state index is 10.9. The number of hydrogen-bond acceptors (Lipinski definition) is 2. The Kier molecular flexibility index (Phi) is 2.12. The summed E-state index contributed by atoms with van der Waals surface area (Å²) in [4.78, 5) is 10.9. The van der Waals surface area contributed by atoms with Gasteiger partial charge in [-0.2, -0.15) is 0 Å². The van der Waals surface area contributed by atoms with E-state index in [4.69, 9.17) is 4.74 Å². The summed E-state index contributed by atoms with van der Waals surface area (Å²) in [5.74, 6) is 0.765. The highest BCUT2D eigenvalue weighted by Gasteiger charge is 2.21. The largest absolute Gasteiger partial charge is 0.426 e. The first kappa shape index (κ1) is 9.00. The summed E-state index contributed by atoms with van der Waals surface area (Å²) in [6, 6.07) is 7.99. The molecule has 1 atom stereocenters. The van der Waals surface area contributed by atoms with Crippen LogP contribution in [0.15, 0.2) is 30.3 Å². The molecule has 0 saturated carbocycles. The van der Waals surface area contributed by atoms with Gasteiger partial charge in [0.15, 0.2) is 0 Å². The van der Waals surface area contributed by atoms with E-state index in [-0.39, 0.29) is 5.97 Å². The summed E-state index contributed by atoms with van der Waals surface area (Å²) in [5, 5.41) is 0. The maximum Gasteiger partial charge on any atom is 0.308 e. The molecule has 0 heterocycles. The number of benzene rings is 1. The standard InChI is InChI=1S/C12H12O2/c1-8-7-12(14-9(2)13)11-6-4-3-5-10(8)11/h3-8H,1-2H3/t8-/m1/s1. The Balaban J connectivity index is 2.38. The molecule has 0 fully saturated rings. The molecule has 0 bridgehead atoms. The fourth-order valence-corrected chi connectivity index (χ4v) is 1.77. The molecular weight excluding hydrogens is 176 g/mol. The topological polar surface area (TPSA) is 26.3 Å². The van der Waals surface area contributed by atoms with Crippen LogP contribution in [0.2, 0.25) is 0 Å². The monoisotopic (exact) mass is 188 g/mol. The zero-order chi connectivity index (χ0) is 10.1. The molecule has 0 aromatic heterocycles. The van der Waals surface area contributed by atoms with E-state index in [1.165, 1.54) is 12.5 Å². The molecule has 2 rings (SSSR count). The van der Waals surface area contributed by atoms with Crippen LogP contribution in [-0.2, 0) is 9.53 Å². The smallest absolute Gasteiger partial charge is 0.308 e. The Morgan fingerprint density at radius 3 is 2.79 bits per heavy atom. The molecule has 0 spiro atoms. The number of carbonyl (C=O) groups excluding carboxylic acids is 1. The maximum absolute atomic E-state index is 10.9. The van der Waals surface area contributed by atoms with E-state index < -0.39 is 0 Å². The molecule has 72 valence electrons. The van der Waals surface area contributed by atoms with E-state index in [0.29, 0.717) is 11.7 Å². The van der Waals surface area contributed by atoms with Crippen LogP contribution in [0.5, 0.6) is 0 Å². The SMILES string of the molecule is CC(=O)OC1=C[C@@H](C)c2ccccc21. The molecule has 1 aliphatic rings. The lowest BCUT2D eigenvalue weighted by Crippen LogP contribution is -1.96. The summed E-state index contributed by atoms with van der Waals surface area (Å²) < 4.78 is 5.13. The first-order valence-electron chi connectivity index (χ1n) is 4.68. The molecule has 1 aromatic rings. The minimum atomic E-state index is -0.264. The van der Waals surface area contributed by atoms with Crippen molar-refractivity contribution in [1.82, 2.24) is 0 Å². The molecule has 0 N–H and O–H groups in total. The first-order valence-corrected chi connectivity index (χ1v) is 4.68. The van der Waals surface area contributed by atoms with Gasteiger partial charge in [0, 0.05) is 18.4 Å². The summed E-state index contributed by atoms with van der Waals surface area (Å²) >= 11 is 0. The van der Waals surface area contributed by atoms with E-state index in [2.05, 4.69) is 13.0 Å². The normalized spacial score (nSPS) is 18.7. The van der Waals surface area contributed by atoms with Gasteiger partial charge in [-0.1, -0.05) is 31.2 Å². The van der Waals surface area contributed by atoms with E-state index in [0.717, 1.165) is 5.56 Å². The van der Waals surface area contributed by atoms with E-state index in [9.17, 15) is 4.79 Å². The van der Waals surface area contributed by atoms with Crippen LogP contribution in [0.3, 0.4) is 0 Å². The van der Waals surface area contributed by atoms with Crippen molar-refractivity contribution in [1.29, 1.82) is 0 Å². The zero-order valence-corrected chi connectivity index (χ0v) is 8.28. The fraction of sp³-hybridized carbons (Fsp3) is 0.250. The first-order chi connectivity index (χ1) is 6.68. The van der Waals surface area contributed by atoms with Crippen LogP contribution >= 0.6 is 0 Å². The van der Waals surface area contributed by atoms with E-state index >= 15 is 0 Å². The van der Waals surface area contributed by atoms with Crippen LogP contribution in [0, 0.1) is 0 Å². The predicted octanol–water partition coefficient (Wildman–Crippen LogP) is 2.71. The van der Waals surface area contributed by atoms with Gasteiger partial charge >= 0.3 is 5.97 Å². The van der Waals surface area contributed by atoms with Gasteiger partial charge in [-0.25, -0.2) is 0 Å². The van der Waals surface area contributed by atoms with Crippen molar-refractivity contribution < 1.29 is 9.53 Å². The summed E-state index contributed by atoms with van der Waals surface area (Å²) in [6.07, 6.45) is 1.98. The molecule has 0 saturated heterocycles. The second kappa shape index (κ2) is 3.29. The highest BCUT2D eigenvalue weighted by atomic mass is 16.5. The Morgan fingerprint density at radius 1 is 1.36 bits per heavy atom. The molecular formula is C12H12O2. The number of esters is 1. The lowest BCUT2D eigenvalue weighted by molar-refractivity contribution is -0.134. The van der Waals surface area contributed by atoms with Crippen LogP contribution in [-0.4, -0.2) is 5.97 Å². The van der Waals surface area contributed by atoms with Crippen molar-refractivity contribution in [3.8, 4) is 0 Å².